The first-order valence-electron chi connectivity index (χ1n) is 9.42. The number of carbonyl (C=O) groups is 2. The van der Waals surface area contributed by atoms with E-state index < -0.39 is 33.3 Å². The van der Waals surface area contributed by atoms with Crippen LogP contribution >= 0.6 is 11.6 Å². The van der Waals surface area contributed by atoms with Crippen LogP contribution in [0.15, 0.2) is 42.5 Å². The largest absolute Gasteiger partial charge is 0.372 e. The number of aliphatic hydroxyl groups is 1. The van der Waals surface area contributed by atoms with Gasteiger partial charge in [-0.05, 0) is 48.9 Å². The number of anilines is 2. The Labute approximate surface area is 184 Å². The second-order valence-electron chi connectivity index (χ2n) is 7.08. The SMILES string of the molecule is CCS(=O)(=O)Nc1cccc(N2CC[C@@](O)(C(=O)NCc3cc(F)cc(Cl)c3)C2=O)c1. The number of nitrogens with one attached hydrogen (secondary N) is 2. The highest BCUT2D eigenvalue weighted by atomic mass is 35.5. The van der Waals surface area contributed by atoms with E-state index in [0.717, 1.165) is 6.07 Å². The normalized spacial score (nSPS) is 18.8. The van der Waals surface area contributed by atoms with Crippen LogP contribution in [0.25, 0.3) is 0 Å². The van der Waals surface area contributed by atoms with Crippen LogP contribution in [0.3, 0.4) is 0 Å². The van der Waals surface area contributed by atoms with Crippen molar-refractivity contribution in [3.8, 4) is 0 Å². The van der Waals surface area contributed by atoms with Crippen molar-refractivity contribution in [2.75, 3.05) is 21.9 Å². The molecule has 3 N–H and O–H groups in total. The maximum absolute atomic E-state index is 13.4. The number of nitrogens with zero attached hydrogens (tertiary/aromatic N) is 1. The van der Waals surface area contributed by atoms with E-state index in [4.69, 9.17) is 11.6 Å². The highest BCUT2D eigenvalue weighted by Gasteiger charge is 2.51. The Hall–Kier alpha value is -2.69. The summed E-state index contributed by atoms with van der Waals surface area (Å²) in [6.07, 6.45) is -0.160. The first-order valence-corrected chi connectivity index (χ1v) is 11.5. The minimum Gasteiger partial charge on any atom is -0.372 e. The van der Waals surface area contributed by atoms with Crippen LogP contribution in [0.4, 0.5) is 15.8 Å². The number of rotatable bonds is 7. The van der Waals surface area contributed by atoms with Gasteiger partial charge in [0.25, 0.3) is 11.8 Å². The number of carbonyl (C=O) groups excluding carboxylic acids is 2. The zero-order chi connectivity index (χ0) is 22.8. The van der Waals surface area contributed by atoms with Gasteiger partial charge in [0.2, 0.25) is 15.6 Å². The summed E-state index contributed by atoms with van der Waals surface area (Å²) in [7, 11) is -3.51. The first-order chi connectivity index (χ1) is 14.5. The van der Waals surface area contributed by atoms with E-state index in [1.807, 2.05) is 0 Å². The van der Waals surface area contributed by atoms with Crippen molar-refractivity contribution in [2.45, 2.75) is 25.5 Å². The molecule has 166 valence electrons. The van der Waals surface area contributed by atoms with E-state index in [0.29, 0.717) is 11.3 Å². The molecule has 0 radical (unpaired) electrons. The van der Waals surface area contributed by atoms with E-state index in [2.05, 4.69) is 10.0 Å². The predicted molar refractivity (Wildman–Crippen MR) is 115 cm³/mol. The van der Waals surface area contributed by atoms with Crippen molar-refractivity contribution in [3.05, 3.63) is 58.9 Å². The first kappa shape index (κ1) is 23.0. The molecule has 0 unspecified atom stereocenters. The van der Waals surface area contributed by atoms with Crippen LogP contribution < -0.4 is 14.9 Å². The fraction of sp³-hybridized carbons (Fsp3) is 0.300. The molecule has 2 aromatic rings. The standard InChI is InChI=1S/C20H21ClFN3O5S/c1-2-31(29,30)24-16-4-3-5-17(11-16)25-7-6-20(28,19(25)27)18(26)23-12-13-8-14(21)10-15(22)9-13/h3-5,8-11,24,28H,2,6-7,12H2,1H3,(H,23,26)/t20-/m1/s1. The van der Waals surface area contributed by atoms with Crippen LogP contribution in [-0.4, -0.2) is 43.2 Å². The van der Waals surface area contributed by atoms with Gasteiger partial charge in [0, 0.05) is 30.2 Å². The van der Waals surface area contributed by atoms with Gasteiger partial charge >= 0.3 is 0 Å². The summed E-state index contributed by atoms with van der Waals surface area (Å²) in [5.74, 6) is -2.44. The van der Waals surface area contributed by atoms with Crippen LogP contribution in [0, 0.1) is 5.82 Å². The molecule has 2 aromatic carbocycles. The number of hydrogen-bond acceptors (Lipinski definition) is 5. The molecule has 2 amide bonds. The second kappa shape index (κ2) is 8.81. The molecule has 0 saturated carbocycles. The van der Waals surface area contributed by atoms with Gasteiger partial charge in [-0.3, -0.25) is 14.3 Å². The smallest absolute Gasteiger partial charge is 0.268 e. The Kier molecular flexibility index (Phi) is 6.54. The van der Waals surface area contributed by atoms with Crippen molar-refractivity contribution in [1.82, 2.24) is 5.32 Å². The molecule has 0 bridgehead atoms. The van der Waals surface area contributed by atoms with Gasteiger partial charge in [0.1, 0.15) is 5.82 Å². The van der Waals surface area contributed by atoms with Crippen molar-refractivity contribution in [3.63, 3.8) is 0 Å². The Morgan fingerprint density at radius 1 is 1.29 bits per heavy atom. The number of amides is 2. The number of halogens is 2. The molecule has 1 atom stereocenters. The molecule has 1 fully saturated rings. The van der Waals surface area contributed by atoms with Crippen molar-refractivity contribution in [1.29, 1.82) is 0 Å². The lowest BCUT2D eigenvalue weighted by Crippen LogP contribution is -2.52. The second-order valence-corrected chi connectivity index (χ2v) is 9.53. The molecule has 0 spiro atoms. The van der Waals surface area contributed by atoms with E-state index in [-0.39, 0.29) is 36.0 Å². The molecule has 0 aliphatic carbocycles. The Balaban J connectivity index is 1.72. The van der Waals surface area contributed by atoms with Crippen LogP contribution in [0.1, 0.15) is 18.9 Å². The Bertz CT molecular complexity index is 1110. The van der Waals surface area contributed by atoms with Gasteiger partial charge in [-0.15, -0.1) is 0 Å². The lowest BCUT2D eigenvalue weighted by Gasteiger charge is -2.22. The molecule has 1 aliphatic heterocycles. The van der Waals surface area contributed by atoms with Crippen LogP contribution in [0.2, 0.25) is 5.02 Å². The van der Waals surface area contributed by atoms with Gasteiger partial charge in [-0.2, -0.15) is 0 Å². The molecule has 3 rings (SSSR count). The minimum absolute atomic E-state index is 0.0541. The molecule has 1 aliphatic rings. The highest BCUT2D eigenvalue weighted by Crippen LogP contribution is 2.30. The molecular weight excluding hydrogens is 449 g/mol. The zero-order valence-electron chi connectivity index (χ0n) is 16.6. The molecule has 1 saturated heterocycles. The van der Waals surface area contributed by atoms with Crippen molar-refractivity contribution < 1.29 is 27.5 Å². The third-order valence-electron chi connectivity index (χ3n) is 4.86. The van der Waals surface area contributed by atoms with E-state index >= 15 is 0 Å². The molecule has 8 nitrogen and oxygen atoms in total. The summed E-state index contributed by atoms with van der Waals surface area (Å²) in [4.78, 5) is 26.6. The van der Waals surface area contributed by atoms with Gasteiger partial charge in [0.15, 0.2) is 0 Å². The minimum atomic E-state index is -3.51. The average molecular weight is 470 g/mol. The lowest BCUT2D eigenvalue weighted by atomic mass is 10.0. The van der Waals surface area contributed by atoms with Gasteiger partial charge in [0.05, 0.1) is 11.4 Å². The summed E-state index contributed by atoms with van der Waals surface area (Å²) in [5, 5.41) is 13.3. The highest BCUT2D eigenvalue weighted by molar-refractivity contribution is 7.92. The fourth-order valence-corrected chi connectivity index (χ4v) is 4.07. The van der Waals surface area contributed by atoms with E-state index in [1.165, 1.54) is 36.1 Å². The molecule has 1 heterocycles. The molecule has 0 aromatic heterocycles. The molecule has 11 heteroatoms. The summed E-state index contributed by atoms with van der Waals surface area (Å²) in [5.41, 5.74) is -1.33. The van der Waals surface area contributed by atoms with Crippen molar-refractivity contribution >= 4 is 44.8 Å². The fourth-order valence-electron chi connectivity index (χ4n) is 3.19. The number of sulfonamides is 1. The molecular formula is C20H21ClFN3O5S. The maximum Gasteiger partial charge on any atom is 0.268 e. The third-order valence-corrected chi connectivity index (χ3v) is 6.38. The van der Waals surface area contributed by atoms with Crippen LogP contribution in [0.5, 0.6) is 0 Å². The van der Waals surface area contributed by atoms with Gasteiger partial charge < -0.3 is 15.3 Å². The molecule has 31 heavy (non-hydrogen) atoms. The number of benzene rings is 2. The summed E-state index contributed by atoms with van der Waals surface area (Å²) in [6, 6.07) is 9.86. The maximum atomic E-state index is 13.4. The number of hydrogen-bond donors (Lipinski definition) is 3. The quantitative estimate of drug-likeness (QED) is 0.536. The Morgan fingerprint density at radius 3 is 2.71 bits per heavy atom. The van der Waals surface area contributed by atoms with E-state index in [1.54, 1.807) is 12.1 Å². The average Bonchev–Trinajstić information content (AvgIpc) is 3.01. The van der Waals surface area contributed by atoms with Crippen LogP contribution in [-0.2, 0) is 26.2 Å². The van der Waals surface area contributed by atoms with Gasteiger partial charge in [-0.1, -0.05) is 17.7 Å². The summed E-state index contributed by atoms with van der Waals surface area (Å²) >= 11 is 5.79. The zero-order valence-corrected chi connectivity index (χ0v) is 18.1. The van der Waals surface area contributed by atoms with E-state index in [9.17, 15) is 27.5 Å². The third kappa shape index (κ3) is 5.15. The van der Waals surface area contributed by atoms with Crippen molar-refractivity contribution in [2.24, 2.45) is 0 Å². The summed E-state index contributed by atoms with van der Waals surface area (Å²) in [6.45, 7) is 1.42. The van der Waals surface area contributed by atoms with Gasteiger partial charge in [-0.25, -0.2) is 12.8 Å². The topological polar surface area (TPSA) is 116 Å². The lowest BCUT2D eigenvalue weighted by molar-refractivity contribution is -0.149. The monoisotopic (exact) mass is 469 g/mol. The predicted octanol–water partition coefficient (Wildman–Crippen LogP) is 2.02. The Morgan fingerprint density at radius 2 is 2.03 bits per heavy atom. The summed E-state index contributed by atoms with van der Waals surface area (Å²) < 4.78 is 39.4.